The molecule has 0 saturated heterocycles. The lowest BCUT2D eigenvalue weighted by atomic mass is 10.1. The Morgan fingerprint density at radius 1 is 1.22 bits per heavy atom. The van der Waals surface area contributed by atoms with Gasteiger partial charge in [0.1, 0.15) is 0 Å². The van der Waals surface area contributed by atoms with E-state index in [1.165, 1.54) is 10.4 Å². The maximum absolute atomic E-state index is 11.7. The Balaban J connectivity index is 1.73. The van der Waals surface area contributed by atoms with Gasteiger partial charge in [0.05, 0.1) is 0 Å². The molecular weight excluding hydrogens is 242 g/mol. The Labute approximate surface area is 112 Å². The summed E-state index contributed by atoms with van der Waals surface area (Å²) in [5.41, 5.74) is 2.38. The van der Waals surface area contributed by atoms with Gasteiger partial charge >= 0.3 is 0 Å². The number of amides is 1. The first-order valence-corrected chi connectivity index (χ1v) is 6.96. The van der Waals surface area contributed by atoms with Crippen molar-refractivity contribution in [2.75, 3.05) is 0 Å². The van der Waals surface area contributed by atoms with Gasteiger partial charge in [0.25, 0.3) is 0 Å². The molecule has 3 heteroatoms. The molecule has 2 aromatic rings. The largest absolute Gasteiger partial charge is 0.352 e. The number of carbonyl (C=O) groups is 1. The minimum Gasteiger partial charge on any atom is -0.352 e. The number of hydrogen-bond donors (Lipinski definition) is 1. The average molecular weight is 259 g/mol. The van der Waals surface area contributed by atoms with Crippen LogP contribution < -0.4 is 5.32 Å². The fraction of sp³-hybridized carbons (Fsp3) is 0.267. The molecule has 1 aromatic carbocycles. The Kier molecular flexibility index (Phi) is 4.53. The molecule has 0 atom stereocenters. The monoisotopic (exact) mass is 259 g/mol. The van der Waals surface area contributed by atoms with Crippen LogP contribution >= 0.6 is 11.3 Å². The lowest BCUT2D eigenvalue weighted by Crippen LogP contribution is -2.22. The predicted molar refractivity (Wildman–Crippen MR) is 75.7 cm³/mol. The highest BCUT2D eigenvalue weighted by Gasteiger charge is 2.02. The fourth-order valence-corrected chi connectivity index (χ4v) is 2.40. The van der Waals surface area contributed by atoms with Gasteiger partial charge in [0.15, 0.2) is 0 Å². The molecule has 18 heavy (non-hydrogen) atoms. The van der Waals surface area contributed by atoms with E-state index in [9.17, 15) is 4.79 Å². The zero-order chi connectivity index (χ0) is 12.8. The number of aryl methyl sites for hydroxylation is 2. The van der Waals surface area contributed by atoms with Crippen LogP contribution in [0.25, 0.3) is 0 Å². The minimum absolute atomic E-state index is 0.115. The number of carbonyl (C=O) groups excluding carboxylic acids is 1. The van der Waals surface area contributed by atoms with Crippen molar-refractivity contribution in [1.82, 2.24) is 5.32 Å². The second-order valence-electron chi connectivity index (χ2n) is 4.34. The Morgan fingerprint density at radius 3 is 2.67 bits per heavy atom. The summed E-state index contributed by atoms with van der Waals surface area (Å²) in [6, 6.07) is 12.3. The van der Waals surface area contributed by atoms with Crippen LogP contribution in [0.5, 0.6) is 0 Å². The van der Waals surface area contributed by atoms with E-state index < -0.39 is 0 Å². The summed E-state index contributed by atoms with van der Waals surface area (Å²) in [6.45, 7) is 2.67. The summed E-state index contributed by atoms with van der Waals surface area (Å²) < 4.78 is 0. The molecular formula is C15H17NOS. The van der Waals surface area contributed by atoms with Crippen LogP contribution in [-0.2, 0) is 17.8 Å². The third-order valence-electron chi connectivity index (χ3n) is 2.79. The van der Waals surface area contributed by atoms with Crippen LogP contribution in [0.15, 0.2) is 41.8 Å². The summed E-state index contributed by atoms with van der Waals surface area (Å²) in [4.78, 5) is 12.9. The zero-order valence-electron chi connectivity index (χ0n) is 10.5. The molecule has 0 bridgehead atoms. The molecule has 2 nitrogen and oxygen atoms in total. The van der Waals surface area contributed by atoms with Crippen molar-refractivity contribution in [2.24, 2.45) is 0 Å². The minimum atomic E-state index is 0.115. The molecule has 0 fully saturated rings. The molecule has 1 aromatic heterocycles. The van der Waals surface area contributed by atoms with Gasteiger partial charge in [-0.05, 0) is 30.4 Å². The van der Waals surface area contributed by atoms with E-state index in [4.69, 9.17) is 0 Å². The van der Waals surface area contributed by atoms with Gasteiger partial charge in [-0.1, -0.05) is 35.9 Å². The van der Waals surface area contributed by atoms with Crippen molar-refractivity contribution in [3.8, 4) is 0 Å². The quantitative estimate of drug-likeness (QED) is 0.877. The van der Waals surface area contributed by atoms with Crippen LogP contribution in [0, 0.1) is 6.92 Å². The average Bonchev–Trinajstić information content (AvgIpc) is 2.89. The van der Waals surface area contributed by atoms with E-state index in [-0.39, 0.29) is 5.91 Å². The lowest BCUT2D eigenvalue weighted by molar-refractivity contribution is -0.121. The Morgan fingerprint density at radius 2 is 2.00 bits per heavy atom. The first-order chi connectivity index (χ1) is 8.74. The summed E-state index contributed by atoms with van der Waals surface area (Å²) in [7, 11) is 0. The smallest absolute Gasteiger partial charge is 0.220 e. The van der Waals surface area contributed by atoms with Crippen molar-refractivity contribution in [3.05, 3.63) is 57.8 Å². The van der Waals surface area contributed by atoms with Gasteiger partial charge in [0.2, 0.25) is 5.91 Å². The normalized spacial score (nSPS) is 10.3. The van der Waals surface area contributed by atoms with E-state index in [1.807, 2.05) is 11.4 Å². The maximum atomic E-state index is 11.7. The van der Waals surface area contributed by atoms with E-state index in [0.29, 0.717) is 13.0 Å². The van der Waals surface area contributed by atoms with Gasteiger partial charge in [-0.3, -0.25) is 4.79 Å². The van der Waals surface area contributed by atoms with Crippen molar-refractivity contribution in [3.63, 3.8) is 0 Å². The SMILES string of the molecule is Cc1ccc(CNC(=O)CCc2cccs2)cc1. The van der Waals surface area contributed by atoms with Crippen molar-refractivity contribution < 1.29 is 4.79 Å². The summed E-state index contributed by atoms with van der Waals surface area (Å²) >= 11 is 1.70. The molecule has 2 rings (SSSR count). The second-order valence-corrected chi connectivity index (χ2v) is 5.37. The summed E-state index contributed by atoms with van der Waals surface area (Å²) in [6.07, 6.45) is 1.39. The molecule has 0 radical (unpaired) electrons. The number of thiophene rings is 1. The summed E-state index contributed by atoms with van der Waals surface area (Å²) in [5.74, 6) is 0.115. The highest BCUT2D eigenvalue weighted by molar-refractivity contribution is 7.09. The zero-order valence-corrected chi connectivity index (χ0v) is 11.3. The van der Waals surface area contributed by atoms with Gasteiger partial charge in [0, 0.05) is 17.8 Å². The predicted octanol–water partition coefficient (Wildman–Crippen LogP) is 3.31. The van der Waals surface area contributed by atoms with Crippen molar-refractivity contribution >= 4 is 17.2 Å². The van der Waals surface area contributed by atoms with E-state index in [1.54, 1.807) is 11.3 Å². The second kappa shape index (κ2) is 6.36. The first kappa shape index (κ1) is 12.8. The standard InChI is InChI=1S/C15H17NOS/c1-12-4-6-13(7-5-12)11-16-15(17)9-8-14-3-2-10-18-14/h2-7,10H,8-9,11H2,1H3,(H,16,17). The van der Waals surface area contributed by atoms with Crippen LogP contribution in [0.4, 0.5) is 0 Å². The number of hydrogen-bond acceptors (Lipinski definition) is 2. The summed E-state index contributed by atoms with van der Waals surface area (Å²) in [5, 5.41) is 4.99. The Hall–Kier alpha value is -1.61. The molecule has 0 aliphatic heterocycles. The number of nitrogens with one attached hydrogen (secondary N) is 1. The van der Waals surface area contributed by atoms with Crippen LogP contribution in [0.1, 0.15) is 22.4 Å². The van der Waals surface area contributed by atoms with Crippen LogP contribution in [0.3, 0.4) is 0 Å². The van der Waals surface area contributed by atoms with Gasteiger partial charge in [-0.2, -0.15) is 0 Å². The molecule has 0 unspecified atom stereocenters. The van der Waals surface area contributed by atoms with Gasteiger partial charge in [-0.15, -0.1) is 11.3 Å². The molecule has 0 saturated carbocycles. The molecule has 94 valence electrons. The van der Waals surface area contributed by atoms with E-state index in [2.05, 4.69) is 42.6 Å². The molecule has 0 spiro atoms. The van der Waals surface area contributed by atoms with Crippen molar-refractivity contribution in [2.45, 2.75) is 26.3 Å². The molecule has 1 N–H and O–H groups in total. The highest BCUT2D eigenvalue weighted by atomic mass is 32.1. The van der Waals surface area contributed by atoms with Crippen molar-refractivity contribution in [1.29, 1.82) is 0 Å². The topological polar surface area (TPSA) is 29.1 Å². The van der Waals surface area contributed by atoms with Gasteiger partial charge in [-0.25, -0.2) is 0 Å². The molecule has 0 aliphatic carbocycles. The Bertz CT molecular complexity index is 488. The van der Waals surface area contributed by atoms with Gasteiger partial charge < -0.3 is 5.32 Å². The third kappa shape index (κ3) is 4.00. The van der Waals surface area contributed by atoms with E-state index >= 15 is 0 Å². The molecule has 1 amide bonds. The maximum Gasteiger partial charge on any atom is 0.220 e. The fourth-order valence-electron chi connectivity index (χ4n) is 1.69. The van der Waals surface area contributed by atoms with Crippen LogP contribution in [-0.4, -0.2) is 5.91 Å². The first-order valence-electron chi connectivity index (χ1n) is 6.08. The molecule has 1 heterocycles. The highest BCUT2D eigenvalue weighted by Crippen LogP contribution is 2.10. The van der Waals surface area contributed by atoms with E-state index in [0.717, 1.165) is 12.0 Å². The number of rotatable bonds is 5. The third-order valence-corrected chi connectivity index (χ3v) is 3.73. The number of benzene rings is 1. The molecule has 0 aliphatic rings. The van der Waals surface area contributed by atoms with Crippen LogP contribution in [0.2, 0.25) is 0 Å². The lowest BCUT2D eigenvalue weighted by Gasteiger charge is -2.05.